The van der Waals surface area contributed by atoms with Gasteiger partial charge in [0, 0.05) is 34.8 Å². The number of alkyl halides is 3. The first-order chi connectivity index (χ1) is 21.7. The Labute approximate surface area is 257 Å². The van der Waals surface area contributed by atoms with Crippen LogP contribution in [-0.4, -0.2) is 39.3 Å². The molecule has 1 unspecified atom stereocenters. The Morgan fingerprint density at radius 2 is 1.64 bits per heavy atom. The lowest BCUT2D eigenvalue weighted by Gasteiger charge is -2.21. The fourth-order valence-corrected chi connectivity index (χ4v) is 5.86. The number of carboxylic acids is 1. The van der Waals surface area contributed by atoms with Gasteiger partial charge in [0.05, 0.1) is 11.1 Å². The van der Waals surface area contributed by atoms with Crippen LogP contribution in [0.3, 0.4) is 0 Å². The summed E-state index contributed by atoms with van der Waals surface area (Å²) in [5.74, 6) is -0.669. The predicted octanol–water partition coefficient (Wildman–Crippen LogP) is 7.78. The van der Waals surface area contributed by atoms with Gasteiger partial charge in [-0.25, -0.2) is 0 Å². The number of aliphatic carboxylic acids is 1. The number of nitrogens with zero attached hydrogens (tertiary/aromatic N) is 2. The molecule has 4 aromatic carbocycles. The zero-order valence-electron chi connectivity index (χ0n) is 24.1. The van der Waals surface area contributed by atoms with Gasteiger partial charge in [0.25, 0.3) is 0 Å². The van der Waals surface area contributed by atoms with Crippen molar-refractivity contribution < 1.29 is 32.6 Å². The molecule has 0 amide bonds. The minimum absolute atomic E-state index is 0.184. The van der Waals surface area contributed by atoms with Crippen LogP contribution in [0.5, 0.6) is 5.75 Å². The number of ketones is 1. The SMILES string of the molecule is O=C(c1ccccc1)c1cnc2c(C(F)(F)F)cccc2c1-c1cccc(OCc2ccc(CN3CCCC3C(=O)O)cc2)c1. The van der Waals surface area contributed by atoms with Crippen LogP contribution in [0.15, 0.2) is 103 Å². The van der Waals surface area contributed by atoms with Gasteiger partial charge in [-0.1, -0.05) is 78.9 Å². The molecule has 1 aliphatic rings. The van der Waals surface area contributed by atoms with Gasteiger partial charge < -0.3 is 9.84 Å². The van der Waals surface area contributed by atoms with E-state index in [1.807, 2.05) is 29.2 Å². The average molecular weight is 611 g/mol. The highest BCUT2D eigenvalue weighted by Crippen LogP contribution is 2.39. The van der Waals surface area contributed by atoms with Crippen LogP contribution >= 0.6 is 0 Å². The lowest BCUT2D eigenvalue weighted by Crippen LogP contribution is -2.35. The van der Waals surface area contributed by atoms with Crippen LogP contribution in [0.2, 0.25) is 0 Å². The quantitative estimate of drug-likeness (QED) is 0.172. The largest absolute Gasteiger partial charge is 0.489 e. The Morgan fingerprint density at radius 1 is 0.911 bits per heavy atom. The van der Waals surface area contributed by atoms with Crippen molar-refractivity contribution in [3.05, 3.63) is 131 Å². The van der Waals surface area contributed by atoms with E-state index in [1.165, 1.54) is 12.3 Å². The predicted molar refractivity (Wildman–Crippen MR) is 164 cm³/mol. The molecule has 1 aromatic heterocycles. The first-order valence-corrected chi connectivity index (χ1v) is 14.6. The summed E-state index contributed by atoms with van der Waals surface area (Å²) in [6.07, 6.45) is -1.89. The molecule has 45 heavy (non-hydrogen) atoms. The van der Waals surface area contributed by atoms with Crippen LogP contribution < -0.4 is 4.74 Å². The van der Waals surface area contributed by atoms with Gasteiger partial charge in [-0.2, -0.15) is 13.2 Å². The molecule has 1 N–H and O–H groups in total. The molecule has 0 bridgehead atoms. The zero-order chi connectivity index (χ0) is 31.6. The number of carboxylic acid groups (broad SMARTS) is 1. The second-order valence-corrected chi connectivity index (χ2v) is 11.0. The van der Waals surface area contributed by atoms with Crippen molar-refractivity contribution in [2.75, 3.05) is 6.54 Å². The van der Waals surface area contributed by atoms with Crippen molar-refractivity contribution in [1.29, 1.82) is 0 Å². The number of likely N-dealkylation sites (tertiary alicyclic amines) is 1. The van der Waals surface area contributed by atoms with Crippen LogP contribution in [-0.2, 0) is 24.1 Å². The van der Waals surface area contributed by atoms with E-state index in [4.69, 9.17) is 4.74 Å². The van der Waals surface area contributed by atoms with E-state index >= 15 is 0 Å². The van der Waals surface area contributed by atoms with Gasteiger partial charge in [-0.15, -0.1) is 0 Å². The fraction of sp³-hybridized carbons (Fsp3) is 0.194. The number of benzene rings is 4. The monoisotopic (exact) mass is 610 g/mol. The lowest BCUT2D eigenvalue weighted by atomic mass is 9.91. The molecule has 1 atom stereocenters. The first kappa shape index (κ1) is 30.0. The van der Waals surface area contributed by atoms with Crippen molar-refractivity contribution in [2.45, 2.75) is 38.2 Å². The smallest absolute Gasteiger partial charge is 0.418 e. The summed E-state index contributed by atoms with van der Waals surface area (Å²) in [7, 11) is 0. The molecule has 2 heterocycles. The summed E-state index contributed by atoms with van der Waals surface area (Å²) in [5.41, 5.74) is 2.23. The molecule has 1 saturated heterocycles. The van der Waals surface area contributed by atoms with E-state index < -0.39 is 23.8 Å². The summed E-state index contributed by atoms with van der Waals surface area (Å²) in [6.45, 7) is 1.54. The number of rotatable bonds is 9. The van der Waals surface area contributed by atoms with Crippen LogP contribution in [0.25, 0.3) is 22.0 Å². The van der Waals surface area contributed by atoms with E-state index in [0.717, 1.165) is 30.2 Å². The number of hydrogen-bond acceptors (Lipinski definition) is 5. The maximum absolute atomic E-state index is 13.9. The minimum Gasteiger partial charge on any atom is -0.489 e. The van der Waals surface area contributed by atoms with Crippen molar-refractivity contribution in [3.8, 4) is 16.9 Å². The molecular weight excluding hydrogens is 581 g/mol. The second-order valence-electron chi connectivity index (χ2n) is 11.0. The van der Waals surface area contributed by atoms with Crippen LogP contribution in [0.4, 0.5) is 13.2 Å². The maximum Gasteiger partial charge on any atom is 0.418 e. The fourth-order valence-electron chi connectivity index (χ4n) is 5.86. The lowest BCUT2D eigenvalue weighted by molar-refractivity contribution is -0.142. The van der Waals surface area contributed by atoms with Gasteiger partial charge >= 0.3 is 12.1 Å². The number of ether oxygens (including phenoxy) is 1. The van der Waals surface area contributed by atoms with Gasteiger partial charge in [0.15, 0.2) is 5.78 Å². The molecule has 1 fully saturated rings. The Balaban J connectivity index is 1.29. The maximum atomic E-state index is 13.9. The van der Waals surface area contributed by atoms with Crippen LogP contribution in [0, 0.1) is 0 Å². The van der Waals surface area contributed by atoms with Gasteiger partial charge in [-0.3, -0.25) is 19.5 Å². The third-order valence-corrected chi connectivity index (χ3v) is 8.07. The molecule has 9 heteroatoms. The average Bonchev–Trinajstić information content (AvgIpc) is 3.52. The molecule has 0 aliphatic carbocycles. The third kappa shape index (κ3) is 6.44. The Kier molecular flexibility index (Phi) is 8.36. The topological polar surface area (TPSA) is 79.7 Å². The van der Waals surface area contributed by atoms with Crippen molar-refractivity contribution in [3.63, 3.8) is 0 Å². The van der Waals surface area contributed by atoms with E-state index in [-0.39, 0.29) is 28.9 Å². The number of halogens is 3. The summed E-state index contributed by atoms with van der Waals surface area (Å²) < 4.78 is 47.9. The Hall–Kier alpha value is -5.02. The summed E-state index contributed by atoms with van der Waals surface area (Å²) in [4.78, 5) is 31.2. The second kappa shape index (κ2) is 12.5. The van der Waals surface area contributed by atoms with Crippen molar-refractivity contribution >= 4 is 22.7 Å². The number of pyridine rings is 1. The molecular formula is C36H29F3N2O4. The van der Waals surface area contributed by atoms with E-state index in [0.29, 0.717) is 35.4 Å². The number of para-hydroxylation sites is 1. The molecule has 228 valence electrons. The highest BCUT2D eigenvalue weighted by Gasteiger charge is 2.34. The van der Waals surface area contributed by atoms with E-state index in [2.05, 4.69) is 4.98 Å². The van der Waals surface area contributed by atoms with Crippen molar-refractivity contribution in [2.24, 2.45) is 0 Å². The van der Waals surface area contributed by atoms with Gasteiger partial charge in [0.2, 0.25) is 0 Å². The minimum atomic E-state index is -4.62. The van der Waals surface area contributed by atoms with Crippen LogP contribution in [0.1, 0.15) is 45.5 Å². The number of carbonyl (C=O) groups is 2. The Bertz CT molecular complexity index is 1860. The number of aromatic nitrogens is 1. The first-order valence-electron chi connectivity index (χ1n) is 14.6. The third-order valence-electron chi connectivity index (χ3n) is 8.07. The summed E-state index contributed by atoms with van der Waals surface area (Å²) in [5, 5.41) is 9.65. The van der Waals surface area contributed by atoms with Gasteiger partial charge in [-0.05, 0) is 54.3 Å². The molecule has 6 rings (SSSR count). The Morgan fingerprint density at radius 3 is 2.38 bits per heavy atom. The highest BCUT2D eigenvalue weighted by atomic mass is 19.4. The normalized spacial score (nSPS) is 15.3. The molecule has 1 aliphatic heterocycles. The summed E-state index contributed by atoms with van der Waals surface area (Å²) in [6, 6.07) is 26.6. The zero-order valence-corrected chi connectivity index (χ0v) is 24.1. The highest BCUT2D eigenvalue weighted by molar-refractivity contribution is 6.16. The molecule has 5 aromatic rings. The van der Waals surface area contributed by atoms with Gasteiger partial charge in [0.1, 0.15) is 18.4 Å². The standard InChI is InChI=1S/C36H29F3N2O4/c37-36(38,39)30-12-5-11-28-32(29(20-40-33(28)30)34(42)25-7-2-1-3-8-25)26-9-4-10-27(19-26)45-22-24-16-14-23(15-17-24)21-41-18-6-13-31(41)35(43)44/h1-5,7-12,14-17,19-20,31H,6,13,18,21-22H2,(H,43,44). The van der Waals surface area contributed by atoms with Crippen molar-refractivity contribution in [1.82, 2.24) is 9.88 Å². The molecule has 0 spiro atoms. The number of hydrogen-bond donors (Lipinski definition) is 1. The molecule has 0 radical (unpaired) electrons. The molecule has 6 nitrogen and oxygen atoms in total. The van der Waals surface area contributed by atoms with E-state index in [9.17, 15) is 27.9 Å². The number of carbonyl (C=O) groups excluding carboxylic acids is 1. The number of fused-ring (bicyclic) bond motifs is 1. The molecule has 0 saturated carbocycles. The van der Waals surface area contributed by atoms with E-state index in [1.54, 1.807) is 60.7 Å². The summed E-state index contributed by atoms with van der Waals surface area (Å²) >= 11 is 0.